The SMILES string of the molecule is Cc1ccc(COc2ccc(-c3cc(C(F)(F)F)c4c(C)nn(-c5cccc(Cl)c5)c4n3)cc2)cc1. The van der Waals surface area contributed by atoms with Gasteiger partial charge in [0.15, 0.2) is 5.65 Å². The summed E-state index contributed by atoms with van der Waals surface area (Å²) in [4.78, 5) is 4.59. The molecule has 0 fully saturated rings. The maximum Gasteiger partial charge on any atom is 0.417 e. The highest BCUT2D eigenvalue weighted by molar-refractivity contribution is 6.30. The van der Waals surface area contributed by atoms with Crippen LogP contribution in [0, 0.1) is 13.8 Å². The molecule has 4 nitrogen and oxygen atoms in total. The molecule has 0 aliphatic carbocycles. The van der Waals surface area contributed by atoms with E-state index >= 15 is 0 Å². The van der Waals surface area contributed by atoms with Gasteiger partial charge in [-0.05, 0) is 67.9 Å². The van der Waals surface area contributed by atoms with E-state index in [4.69, 9.17) is 16.3 Å². The normalized spacial score (nSPS) is 11.7. The Kier molecular flexibility index (Phi) is 6.18. The van der Waals surface area contributed by atoms with Crippen LogP contribution >= 0.6 is 11.6 Å². The molecule has 2 aromatic heterocycles. The Morgan fingerprint density at radius 2 is 1.64 bits per heavy atom. The number of aromatic nitrogens is 3. The predicted molar refractivity (Wildman–Crippen MR) is 135 cm³/mol. The first-order chi connectivity index (χ1) is 17.2. The summed E-state index contributed by atoms with van der Waals surface area (Å²) in [5.41, 5.74) is 2.99. The minimum atomic E-state index is -4.58. The van der Waals surface area contributed by atoms with Crippen LogP contribution in [-0.2, 0) is 12.8 Å². The van der Waals surface area contributed by atoms with Gasteiger partial charge in [0, 0.05) is 10.6 Å². The molecule has 0 radical (unpaired) electrons. The number of halogens is 4. The number of rotatable bonds is 5. The average Bonchev–Trinajstić information content (AvgIpc) is 3.19. The molecular formula is C28H21ClF3N3O. The van der Waals surface area contributed by atoms with Gasteiger partial charge in [-0.3, -0.25) is 0 Å². The van der Waals surface area contributed by atoms with Gasteiger partial charge in [-0.25, -0.2) is 9.67 Å². The van der Waals surface area contributed by atoms with Crippen molar-refractivity contribution in [3.05, 3.63) is 106 Å². The molecule has 182 valence electrons. The van der Waals surface area contributed by atoms with Gasteiger partial charge >= 0.3 is 6.18 Å². The number of nitrogens with zero attached hydrogens (tertiary/aromatic N) is 3. The van der Waals surface area contributed by atoms with Gasteiger partial charge in [-0.15, -0.1) is 0 Å². The van der Waals surface area contributed by atoms with Crippen LogP contribution in [0.3, 0.4) is 0 Å². The summed E-state index contributed by atoms with van der Waals surface area (Å²) in [5, 5.41) is 4.77. The molecule has 0 N–H and O–H groups in total. The van der Waals surface area contributed by atoms with Gasteiger partial charge in [-0.1, -0.05) is 47.5 Å². The summed E-state index contributed by atoms with van der Waals surface area (Å²) in [5.74, 6) is 0.608. The van der Waals surface area contributed by atoms with Crippen LogP contribution in [0.4, 0.5) is 13.2 Å². The smallest absolute Gasteiger partial charge is 0.417 e. The molecule has 0 saturated heterocycles. The van der Waals surface area contributed by atoms with Crippen LogP contribution in [0.1, 0.15) is 22.4 Å². The molecule has 0 bridgehead atoms. The highest BCUT2D eigenvalue weighted by atomic mass is 35.5. The second-order valence-corrected chi connectivity index (χ2v) is 8.96. The molecule has 0 aliphatic heterocycles. The number of aryl methyl sites for hydroxylation is 2. The van der Waals surface area contributed by atoms with Crippen LogP contribution in [-0.4, -0.2) is 14.8 Å². The van der Waals surface area contributed by atoms with Crippen LogP contribution in [0.15, 0.2) is 78.9 Å². The van der Waals surface area contributed by atoms with Crippen LogP contribution in [0.25, 0.3) is 28.0 Å². The van der Waals surface area contributed by atoms with Crippen LogP contribution < -0.4 is 4.74 Å². The Hall–Kier alpha value is -3.84. The maximum absolute atomic E-state index is 14.1. The zero-order chi connectivity index (χ0) is 25.4. The second-order valence-electron chi connectivity index (χ2n) is 8.53. The van der Waals surface area contributed by atoms with Gasteiger partial charge in [-0.2, -0.15) is 18.3 Å². The molecule has 5 aromatic rings. The molecule has 0 amide bonds. The molecule has 0 aliphatic rings. The lowest BCUT2D eigenvalue weighted by atomic mass is 10.0. The van der Waals surface area contributed by atoms with Gasteiger partial charge < -0.3 is 4.74 Å². The number of fused-ring (bicyclic) bond motifs is 1. The minimum absolute atomic E-state index is 0.0377. The Bertz CT molecular complexity index is 1540. The Morgan fingerprint density at radius 3 is 2.31 bits per heavy atom. The monoisotopic (exact) mass is 507 g/mol. The summed E-state index contributed by atoms with van der Waals surface area (Å²) >= 11 is 6.12. The van der Waals surface area contributed by atoms with Crippen molar-refractivity contribution in [2.75, 3.05) is 0 Å². The van der Waals surface area contributed by atoms with Gasteiger partial charge in [0.05, 0.1) is 28.0 Å². The molecule has 5 rings (SSSR count). The van der Waals surface area contributed by atoms with Crippen molar-refractivity contribution in [1.82, 2.24) is 14.8 Å². The number of hydrogen-bond donors (Lipinski definition) is 0. The third-order valence-electron chi connectivity index (χ3n) is 5.85. The largest absolute Gasteiger partial charge is 0.489 e. The third-order valence-corrected chi connectivity index (χ3v) is 6.08. The van der Waals surface area contributed by atoms with Crippen LogP contribution in [0.2, 0.25) is 5.02 Å². The van der Waals surface area contributed by atoms with E-state index in [0.717, 1.165) is 17.2 Å². The molecule has 3 aromatic carbocycles. The number of ether oxygens (including phenoxy) is 1. The predicted octanol–water partition coefficient (Wildman–Crippen LogP) is 7.96. The van der Waals surface area contributed by atoms with E-state index < -0.39 is 11.7 Å². The fraction of sp³-hybridized carbons (Fsp3) is 0.143. The Labute approximate surface area is 210 Å². The van der Waals surface area contributed by atoms with Gasteiger partial charge in [0.25, 0.3) is 0 Å². The molecule has 0 saturated carbocycles. The summed E-state index contributed by atoms with van der Waals surface area (Å²) in [7, 11) is 0. The lowest BCUT2D eigenvalue weighted by molar-refractivity contribution is -0.136. The second kappa shape index (κ2) is 9.32. The van der Waals surface area contributed by atoms with Crippen LogP contribution in [0.5, 0.6) is 5.75 Å². The topological polar surface area (TPSA) is 39.9 Å². The first kappa shape index (κ1) is 23.9. The lowest BCUT2D eigenvalue weighted by Crippen LogP contribution is -2.08. The van der Waals surface area contributed by atoms with E-state index in [1.54, 1.807) is 55.5 Å². The Morgan fingerprint density at radius 1 is 0.917 bits per heavy atom. The van der Waals surface area contributed by atoms with E-state index in [9.17, 15) is 13.2 Å². The van der Waals surface area contributed by atoms with E-state index in [-0.39, 0.29) is 22.4 Å². The third kappa shape index (κ3) is 4.79. The highest BCUT2D eigenvalue weighted by Crippen LogP contribution is 2.39. The quantitative estimate of drug-likeness (QED) is 0.242. The van der Waals surface area contributed by atoms with E-state index in [1.165, 1.54) is 4.68 Å². The highest BCUT2D eigenvalue weighted by Gasteiger charge is 2.35. The summed E-state index contributed by atoms with van der Waals surface area (Å²) in [6.07, 6.45) is -4.58. The zero-order valence-corrected chi connectivity index (χ0v) is 20.2. The standard InChI is InChI=1S/C28H21ClF3N3O/c1-17-6-8-19(9-7-17)16-36-23-12-10-20(11-13-23)25-15-24(28(30,31)32)26-18(2)34-35(27(26)33-25)22-5-3-4-21(29)14-22/h3-15H,16H2,1-2H3. The first-order valence-electron chi connectivity index (χ1n) is 11.2. The fourth-order valence-electron chi connectivity index (χ4n) is 4.02. The lowest BCUT2D eigenvalue weighted by Gasteiger charge is -2.12. The van der Waals surface area contributed by atoms with Crippen molar-refractivity contribution in [2.45, 2.75) is 26.6 Å². The molecule has 0 atom stereocenters. The molecule has 2 heterocycles. The molecule has 0 unspecified atom stereocenters. The van der Waals surface area contributed by atoms with Crippen molar-refractivity contribution in [3.63, 3.8) is 0 Å². The maximum atomic E-state index is 14.1. The molecular weight excluding hydrogens is 487 g/mol. The van der Waals surface area contributed by atoms with Gasteiger partial charge in [0.1, 0.15) is 12.4 Å². The van der Waals surface area contributed by atoms with E-state index in [0.29, 0.717) is 28.6 Å². The first-order valence-corrected chi connectivity index (χ1v) is 11.6. The van der Waals surface area contributed by atoms with Crippen molar-refractivity contribution in [3.8, 4) is 22.7 Å². The molecule has 0 spiro atoms. The number of alkyl halides is 3. The zero-order valence-electron chi connectivity index (χ0n) is 19.5. The fourth-order valence-corrected chi connectivity index (χ4v) is 4.21. The van der Waals surface area contributed by atoms with Gasteiger partial charge in [0.2, 0.25) is 0 Å². The summed E-state index contributed by atoms with van der Waals surface area (Å²) in [6.45, 7) is 3.95. The molecule has 36 heavy (non-hydrogen) atoms. The number of hydrogen-bond acceptors (Lipinski definition) is 3. The Balaban J connectivity index is 1.54. The summed E-state index contributed by atoms with van der Waals surface area (Å²) < 4.78 is 49.6. The van der Waals surface area contributed by atoms with Crippen molar-refractivity contribution in [1.29, 1.82) is 0 Å². The molecule has 8 heteroatoms. The minimum Gasteiger partial charge on any atom is -0.489 e. The van der Waals surface area contributed by atoms with E-state index in [2.05, 4.69) is 10.1 Å². The average molecular weight is 508 g/mol. The summed E-state index contributed by atoms with van der Waals surface area (Å²) in [6, 6.07) is 22.7. The van der Waals surface area contributed by atoms with Crippen molar-refractivity contribution >= 4 is 22.6 Å². The van der Waals surface area contributed by atoms with E-state index in [1.807, 2.05) is 31.2 Å². The number of benzene rings is 3. The number of pyridine rings is 1. The van der Waals surface area contributed by atoms with Crippen molar-refractivity contribution in [2.24, 2.45) is 0 Å². The van der Waals surface area contributed by atoms with Crippen molar-refractivity contribution < 1.29 is 17.9 Å².